The largest absolute Gasteiger partial charge is 0.364 e. The highest BCUT2D eigenvalue weighted by Crippen LogP contribution is 2.33. The highest BCUT2D eigenvalue weighted by atomic mass is 19.1. The van der Waals surface area contributed by atoms with E-state index < -0.39 is 17.9 Å². The van der Waals surface area contributed by atoms with Crippen molar-refractivity contribution in [1.82, 2.24) is 19.5 Å². The van der Waals surface area contributed by atoms with E-state index in [9.17, 15) is 18.8 Å². The number of nitrogen functional groups attached to an aromatic ring is 1. The molecular formula is C31H28FN7O3. The quantitative estimate of drug-likeness (QED) is 0.239. The minimum Gasteiger partial charge on any atom is -0.364 e. The van der Waals surface area contributed by atoms with Crippen LogP contribution in [0, 0.1) is 17.7 Å². The third-order valence-corrected chi connectivity index (χ3v) is 7.07. The van der Waals surface area contributed by atoms with Crippen molar-refractivity contribution in [2.75, 3.05) is 17.7 Å². The van der Waals surface area contributed by atoms with Gasteiger partial charge in [0.1, 0.15) is 17.3 Å². The number of piperidine rings is 1. The number of hydrogen-bond donors (Lipinski definition) is 3. The van der Waals surface area contributed by atoms with E-state index >= 15 is 0 Å². The predicted octanol–water partition coefficient (Wildman–Crippen LogP) is 3.89. The molecule has 2 aromatic carbocycles. The Morgan fingerprint density at radius 1 is 1.00 bits per heavy atom. The summed E-state index contributed by atoms with van der Waals surface area (Å²) in [6.45, 7) is 2.09. The molecule has 1 saturated heterocycles. The molecule has 10 nitrogen and oxygen atoms in total. The average Bonchev–Trinajstić information content (AvgIpc) is 3.35. The van der Waals surface area contributed by atoms with Gasteiger partial charge >= 0.3 is 0 Å². The monoisotopic (exact) mass is 565 g/mol. The Morgan fingerprint density at radius 3 is 2.40 bits per heavy atom. The summed E-state index contributed by atoms with van der Waals surface area (Å²) < 4.78 is 14.4. The number of halogens is 1. The van der Waals surface area contributed by atoms with Crippen LogP contribution in [0.5, 0.6) is 0 Å². The second-order valence-electron chi connectivity index (χ2n) is 9.75. The van der Waals surface area contributed by atoms with Gasteiger partial charge in [0.15, 0.2) is 11.5 Å². The third-order valence-electron chi connectivity index (χ3n) is 7.07. The van der Waals surface area contributed by atoms with Gasteiger partial charge < -0.3 is 21.8 Å². The maximum atomic E-state index is 13.3. The summed E-state index contributed by atoms with van der Waals surface area (Å²) in [5.41, 5.74) is 8.33. The van der Waals surface area contributed by atoms with Crippen LogP contribution in [-0.4, -0.2) is 43.8 Å². The number of nitrogens with one attached hydrogen (secondary N) is 1. The summed E-state index contributed by atoms with van der Waals surface area (Å²) in [4.78, 5) is 48.6. The highest BCUT2D eigenvalue weighted by Gasteiger charge is 2.33. The number of carbonyl (C=O) groups is 3. The fourth-order valence-corrected chi connectivity index (χ4v) is 5.03. The average molecular weight is 566 g/mol. The van der Waals surface area contributed by atoms with Gasteiger partial charge in [-0.2, -0.15) is 0 Å². The first kappa shape index (κ1) is 28.0. The first-order valence-electron chi connectivity index (χ1n) is 13.3. The zero-order valence-corrected chi connectivity index (χ0v) is 22.8. The van der Waals surface area contributed by atoms with Crippen molar-refractivity contribution in [3.8, 4) is 34.2 Å². The predicted molar refractivity (Wildman–Crippen MR) is 156 cm³/mol. The number of hydrogen-bond acceptors (Lipinski definition) is 6. The molecule has 5 rings (SSSR count). The Labute approximate surface area is 241 Å². The van der Waals surface area contributed by atoms with Crippen molar-refractivity contribution < 1.29 is 18.8 Å². The normalized spacial score (nSPS) is 14.5. The molecule has 4 aromatic rings. The number of benzene rings is 2. The van der Waals surface area contributed by atoms with E-state index in [1.54, 1.807) is 66.6 Å². The third kappa shape index (κ3) is 5.69. The number of carbonyl (C=O) groups excluding carboxylic acids is 3. The lowest BCUT2D eigenvalue weighted by molar-refractivity contribution is -0.129. The second kappa shape index (κ2) is 11.9. The van der Waals surface area contributed by atoms with E-state index in [4.69, 9.17) is 11.6 Å². The van der Waals surface area contributed by atoms with Crippen LogP contribution in [0.2, 0.25) is 0 Å². The van der Waals surface area contributed by atoms with Gasteiger partial charge in [0.05, 0.1) is 6.04 Å². The van der Waals surface area contributed by atoms with Crippen LogP contribution in [0.25, 0.3) is 22.4 Å². The van der Waals surface area contributed by atoms with E-state index in [1.165, 1.54) is 12.1 Å². The standard InChI is InChI=1S/C31H28FN7O3/c1-2-5-26(40)38-17-4-3-6-24(38)30-37-27(28(29(33)41)39(30)34)20-7-9-21(10-8-20)31(42)36-25-18-22(15-16-35-25)19-11-13-23(32)14-12-19/h7-16,18,24H,3-4,6,17,34H2,1H3,(H2,33,41)(H,35,36,42)/t24-/m0/s1. The van der Waals surface area contributed by atoms with Crippen LogP contribution in [0.1, 0.15) is 58.9 Å². The van der Waals surface area contributed by atoms with Crippen LogP contribution >= 0.6 is 0 Å². The van der Waals surface area contributed by atoms with Gasteiger partial charge in [-0.15, -0.1) is 0 Å². The molecule has 0 unspecified atom stereocenters. The van der Waals surface area contributed by atoms with E-state index in [0.717, 1.165) is 28.6 Å². The highest BCUT2D eigenvalue weighted by molar-refractivity contribution is 6.04. The number of imidazole rings is 1. The Balaban J connectivity index is 1.39. The molecule has 11 heteroatoms. The van der Waals surface area contributed by atoms with Crippen LogP contribution < -0.4 is 16.9 Å². The first-order valence-corrected chi connectivity index (χ1v) is 13.3. The van der Waals surface area contributed by atoms with E-state index in [2.05, 4.69) is 27.1 Å². The van der Waals surface area contributed by atoms with Gasteiger partial charge in [-0.1, -0.05) is 30.2 Å². The molecule has 0 radical (unpaired) electrons. The maximum absolute atomic E-state index is 13.3. The number of nitrogens with zero attached hydrogens (tertiary/aromatic N) is 4. The Hall–Kier alpha value is -5.50. The first-order chi connectivity index (χ1) is 20.3. The zero-order chi connectivity index (χ0) is 29.8. The lowest BCUT2D eigenvalue weighted by Crippen LogP contribution is -2.40. The molecule has 0 bridgehead atoms. The summed E-state index contributed by atoms with van der Waals surface area (Å²) in [5.74, 6) is 10.3. The van der Waals surface area contributed by atoms with Gasteiger partial charge in [-0.05, 0) is 79.6 Å². The molecule has 3 amide bonds. The topological polar surface area (TPSA) is 149 Å². The Bertz CT molecular complexity index is 1720. The van der Waals surface area contributed by atoms with Gasteiger partial charge in [-0.25, -0.2) is 19.0 Å². The molecule has 1 atom stereocenters. The lowest BCUT2D eigenvalue weighted by Gasteiger charge is -2.33. The number of nitrogens with two attached hydrogens (primary N) is 2. The number of rotatable bonds is 6. The summed E-state index contributed by atoms with van der Waals surface area (Å²) in [5, 5.41) is 2.76. The minimum absolute atomic E-state index is 0.0106. The Morgan fingerprint density at radius 2 is 1.71 bits per heavy atom. The number of amides is 3. The molecule has 1 fully saturated rings. The van der Waals surface area contributed by atoms with E-state index in [0.29, 0.717) is 35.7 Å². The van der Waals surface area contributed by atoms with E-state index in [-0.39, 0.29) is 23.1 Å². The fraction of sp³-hybridized carbons (Fsp3) is 0.194. The van der Waals surface area contributed by atoms with Crippen LogP contribution in [0.3, 0.4) is 0 Å². The van der Waals surface area contributed by atoms with Crippen molar-refractivity contribution in [3.63, 3.8) is 0 Å². The molecule has 5 N–H and O–H groups in total. The van der Waals surface area contributed by atoms with Crippen molar-refractivity contribution in [1.29, 1.82) is 0 Å². The smallest absolute Gasteiger partial charge is 0.299 e. The second-order valence-corrected chi connectivity index (χ2v) is 9.75. The molecule has 3 heterocycles. The molecule has 0 aliphatic carbocycles. The van der Waals surface area contributed by atoms with Crippen molar-refractivity contribution in [2.24, 2.45) is 5.73 Å². The number of likely N-dealkylation sites (tertiary alicyclic amines) is 1. The number of pyridine rings is 1. The van der Waals surface area contributed by atoms with Crippen LogP contribution in [-0.2, 0) is 4.79 Å². The molecule has 1 aliphatic heterocycles. The maximum Gasteiger partial charge on any atom is 0.299 e. The SMILES string of the molecule is CC#CC(=O)N1CCCC[C@H]1c1nc(-c2ccc(C(=O)Nc3cc(-c4ccc(F)cc4)ccn3)cc2)c(C(N)=O)n1N. The molecular weight excluding hydrogens is 537 g/mol. The zero-order valence-electron chi connectivity index (χ0n) is 22.8. The molecule has 42 heavy (non-hydrogen) atoms. The summed E-state index contributed by atoms with van der Waals surface area (Å²) in [6.07, 6.45) is 3.84. The summed E-state index contributed by atoms with van der Waals surface area (Å²) in [7, 11) is 0. The number of anilines is 1. The fourth-order valence-electron chi connectivity index (χ4n) is 5.03. The van der Waals surface area contributed by atoms with Crippen LogP contribution in [0.15, 0.2) is 66.9 Å². The molecule has 1 aliphatic rings. The summed E-state index contributed by atoms with van der Waals surface area (Å²) >= 11 is 0. The van der Waals surface area contributed by atoms with Gasteiger partial charge in [-0.3, -0.25) is 14.4 Å². The van der Waals surface area contributed by atoms with Crippen molar-refractivity contribution >= 4 is 23.5 Å². The molecule has 212 valence electrons. The minimum atomic E-state index is -0.776. The molecule has 0 saturated carbocycles. The summed E-state index contributed by atoms with van der Waals surface area (Å²) in [6, 6.07) is 15.5. The van der Waals surface area contributed by atoms with Crippen LogP contribution in [0.4, 0.5) is 10.2 Å². The van der Waals surface area contributed by atoms with E-state index in [1.807, 2.05) is 0 Å². The van der Waals surface area contributed by atoms with Gasteiger partial charge in [0.25, 0.3) is 17.7 Å². The number of primary amides is 1. The van der Waals surface area contributed by atoms with Gasteiger partial charge in [0, 0.05) is 23.9 Å². The molecule has 0 spiro atoms. The van der Waals surface area contributed by atoms with Crippen molar-refractivity contribution in [3.05, 3.63) is 89.8 Å². The lowest BCUT2D eigenvalue weighted by atomic mass is 10.0. The Kier molecular flexibility index (Phi) is 7.97. The van der Waals surface area contributed by atoms with Crippen molar-refractivity contribution in [2.45, 2.75) is 32.2 Å². The number of aromatic nitrogens is 3. The van der Waals surface area contributed by atoms with Gasteiger partial charge in [0.2, 0.25) is 0 Å². The molecule has 2 aromatic heterocycles.